The summed E-state index contributed by atoms with van der Waals surface area (Å²) in [7, 11) is 0. The second-order valence-electron chi connectivity index (χ2n) is 3.37. The fourth-order valence-electron chi connectivity index (χ4n) is 1.37. The number of rotatable bonds is 5. The second-order valence-corrected chi connectivity index (χ2v) is 3.37. The molecule has 6 heteroatoms. The average Bonchev–Trinajstić information content (AvgIpc) is 2.79. The van der Waals surface area contributed by atoms with Crippen LogP contribution in [0.1, 0.15) is 6.42 Å². The van der Waals surface area contributed by atoms with Gasteiger partial charge in [0.25, 0.3) is 0 Å². The van der Waals surface area contributed by atoms with E-state index < -0.39 is 0 Å². The summed E-state index contributed by atoms with van der Waals surface area (Å²) in [5.41, 5.74) is 5.65. The van der Waals surface area contributed by atoms with Crippen molar-refractivity contribution in [2.75, 3.05) is 17.6 Å². The lowest BCUT2D eigenvalue weighted by Gasteiger charge is -2.06. The molecule has 3 N–H and O–H groups in total. The second kappa shape index (κ2) is 5.11. The molecular formula is C10H14N6. The third-order valence-electron chi connectivity index (χ3n) is 2.17. The SMILES string of the molecule is Nc1nccnc1NCCCn1ccnc1. The van der Waals surface area contributed by atoms with Crippen LogP contribution in [-0.2, 0) is 6.54 Å². The molecule has 0 spiro atoms. The molecule has 6 nitrogen and oxygen atoms in total. The lowest BCUT2D eigenvalue weighted by Crippen LogP contribution is -2.09. The predicted octanol–water partition coefficient (Wildman–Crippen LogP) is 0.757. The molecule has 2 rings (SSSR count). The van der Waals surface area contributed by atoms with Gasteiger partial charge in [0.1, 0.15) is 0 Å². The number of nitrogens with zero attached hydrogens (tertiary/aromatic N) is 4. The quantitative estimate of drug-likeness (QED) is 0.724. The van der Waals surface area contributed by atoms with E-state index in [1.54, 1.807) is 24.9 Å². The fourth-order valence-corrected chi connectivity index (χ4v) is 1.37. The Morgan fingerprint density at radius 3 is 2.88 bits per heavy atom. The Balaban J connectivity index is 1.74. The van der Waals surface area contributed by atoms with Crippen molar-refractivity contribution in [3.05, 3.63) is 31.1 Å². The number of nitrogens with one attached hydrogen (secondary N) is 1. The van der Waals surface area contributed by atoms with Gasteiger partial charge in [0.2, 0.25) is 0 Å². The van der Waals surface area contributed by atoms with Gasteiger partial charge >= 0.3 is 0 Å². The number of imidazole rings is 1. The number of aryl methyl sites for hydroxylation is 1. The first-order valence-corrected chi connectivity index (χ1v) is 5.12. The molecule has 0 atom stereocenters. The Morgan fingerprint density at radius 1 is 1.25 bits per heavy atom. The summed E-state index contributed by atoms with van der Waals surface area (Å²) in [4.78, 5) is 12.0. The summed E-state index contributed by atoms with van der Waals surface area (Å²) in [5.74, 6) is 1.08. The van der Waals surface area contributed by atoms with Crippen LogP contribution in [0.4, 0.5) is 11.6 Å². The summed E-state index contributed by atoms with van der Waals surface area (Å²) in [6, 6.07) is 0. The van der Waals surface area contributed by atoms with Gasteiger partial charge in [-0.15, -0.1) is 0 Å². The Morgan fingerprint density at radius 2 is 2.12 bits per heavy atom. The highest BCUT2D eigenvalue weighted by Gasteiger charge is 1.98. The Bertz CT molecular complexity index is 425. The van der Waals surface area contributed by atoms with Gasteiger partial charge in [0, 0.05) is 37.9 Å². The van der Waals surface area contributed by atoms with Crippen molar-refractivity contribution in [1.82, 2.24) is 19.5 Å². The normalized spacial score (nSPS) is 10.2. The lowest BCUT2D eigenvalue weighted by atomic mass is 10.4. The van der Waals surface area contributed by atoms with Crippen LogP contribution in [0.25, 0.3) is 0 Å². The molecule has 0 aliphatic carbocycles. The van der Waals surface area contributed by atoms with E-state index in [9.17, 15) is 0 Å². The first-order chi connectivity index (χ1) is 7.86. The van der Waals surface area contributed by atoms with Crippen molar-refractivity contribution in [3.8, 4) is 0 Å². The maximum absolute atomic E-state index is 5.65. The highest BCUT2D eigenvalue weighted by molar-refractivity contribution is 5.54. The van der Waals surface area contributed by atoms with Crippen LogP contribution >= 0.6 is 0 Å². The maximum Gasteiger partial charge on any atom is 0.168 e. The van der Waals surface area contributed by atoms with Crippen molar-refractivity contribution in [3.63, 3.8) is 0 Å². The Labute approximate surface area is 93.6 Å². The van der Waals surface area contributed by atoms with E-state index in [-0.39, 0.29) is 0 Å². The number of aromatic nitrogens is 4. The third kappa shape index (κ3) is 2.69. The van der Waals surface area contributed by atoms with Gasteiger partial charge in [-0.05, 0) is 6.42 Å². The zero-order valence-corrected chi connectivity index (χ0v) is 8.87. The van der Waals surface area contributed by atoms with Crippen molar-refractivity contribution < 1.29 is 0 Å². The van der Waals surface area contributed by atoms with E-state index in [1.807, 2.05) is 10.8 Å². The summed E-state index contributed by atoms with van der Waals surface area (Å²) >= 11 is 0. The van der Waals surface area contributed by atoms with E-state index in [2.05, 4.69) is 20.3 Å². The number of hydrogen-bond acceptors (Lipinski definition) is 5. The Hall–Kier alpha value is -2.11. The molecular weight excluding hydrogens is 204 g/mol. The van der Waals surface area contributed by atoms with Crippen molar-refractivity contribution in [2.45, 2.75) is 13.0 Å². The standard InChI is InChI=1S/C10H14N6/c11-9-10(15-4-3-13-9)14-2-1-6-16-7-5-12-8-16/h3-5,7-8H,1-2,6H2,(H2,11,13)(H,14,15). The molecule has 0 aliphatic heterocycles. The van der Waals surface area contributed by atoms with Gasteiger partial charge < -0.3 is 15.6 Å². The van der Waals surface area contributed by atoms with E-state index in [0.717, 1.165) is 19.5 Å². The molecule has 0 saturated carbocycles. The summed E-state index contributed by atoms with van der Waals surface area (Å²) in [6.45, 7) is 1.73. The van der Waals surface area contributed by atoms with Crippen LogP contribution in [-0.4, -0.2) is 26.1 Å². The predicted molar refractivity (Wildman–Crippen MR) is 61.8 cm³/mol. The van der Waals surface area contributed by atoms with Gasteiger partial charge in [0.15, 0.2) is 11.6 Å². The number of nitrogens with two attached hydrogens (primary N) is 1. The molecule has 0 amide bonds. The molecule has 2 aromatic heterocycles. The number of nitrogen functional groups attached to an aromatic ring is 1. The molecule has 0 fully saturated rings. The lowest BCUT2D eigenvalue weighted by molar-refractivity contribution is 0.660. The average molecular weight is 218 g/mol. The zero-order chi connectivity index (χ0) is 11.2. The zero-order valence-electron chi connectivity index (χ0n) is 8.87. The Kier molecular flexibility index (Phi) is 3.32. The highest BCUT2D eigenvalue weighted by Crippen LogP contribution is 2.08. The van der Waals surface area contributed by atoms with E-state index in [1.165, 1.54) is 0 Å². The minimum Gasteiger partial charge on any atom is -0.381 e. The number of anilines is 2. The van der Waals surface area contributed by atoms with Gasteiger partial charge in [-0.1, -0.05) is 0 Å². The molecule has 0 saturated heterocycles. The minimum absolute atomic E-state index is 0.435. The van der Waals surface area contributed by atoms with E-state index in [0.29, 0.717) is 11.6 Å². The third-order valence-corrected chi connectivity index (χ3v) is 2.17. The number of hydrogen-bond donors (Lipinski definition) is 2. The molecule has 2 aromatic rings. The molecule has 0 aliphatic rings. The van der Waals surface area contributed by atoms with E-state index >= 15 is 0 Å². The van der Waals surface area contributed by atoms with Gasteiger partial charge in [-0.2, -0.15) is 0 Å². The van der Waals surface area contributed by atoms with Crippen LogP contribution in [0.15, 0.2) is 31.1 Å². The van der Waals surface area contributed by atoms with Crippen molar-refractivity contribution in [2.24, 2.45) is 0 Å². The smallest absolute Gasteiger partial charge is 0.168 e. The molecule has 0 aromatic carbocycles. The fraction of sp³-hybridized carbons (Fsp3) is 0.300. The maximum atomic E-state index is 5.65. The van der Waals surface area contributed by atoms with Crippen molar-refractivity contribution in [1.29, 1.82) is 0 Å². The summed E-state index contributed by atoms with van der Waals surface area (Å²) < 4.78 is 2.03. The van der Waals surface area contributed by atoms with E-state index in [4.69, 9.17) is 5.73 Å². The van der Waals surface area contributed by atoms with Gasteiger partial charge in [-0.25, -0.2) is 15.0 Å². The summed E-state index contributed by atoms with van der Waals surface area (Å²) in [5, 5.41) is 3.14. The first kappa shape index (κ1) is 10.4. The van der Waals surface area contributed by atoms with Crippen LogP contribution in [0.2, 0.25) is 0 Å². The topological polar surface area (TPSA) is 81.6 Å². The van der Waals surface area contributed by atoms with Crippen molar-refractivity contribution >= 4 is 11.6 Å². The molecule has 2 heterocycles. The summed E-state index contributed by atoms with van der Waals surface area (Å²) in [6.07, 6.45) is 9.69. The molecule has 0 bridgehead atoms. The van der Waals surface area contributed by atoms with Crippen LogP contribution < -0.4 is 11.1 Å². The van der Waals surface area contributed by atoms with Gasteiger partial charge in [-0.3, -0.25) is 0 Å². The molecule has 84 valence electrons. The minimum atomic E-state index is 0.435. The molecule has 0 radical (unpaired) electrons. The first-order valence-electron chi connectivity index (χ1n) is 5.12. The molecule has 16 heavy (non-hydrogen) atoms. The van der Waals surface area contributed by atoms with Crippen LogP contribution in [0, 0.1) is 0 Å². The van der Waals surface area contributed by atoms with Crippen LogP contribution in [0.3, 0.4) is 0 Å². The van der Waals surface area contributed by atoms with Crippen LogP contribution in [0.5, 0.6) is 0 Å². The monoisotopic (exact) mass is 218 g/mol. The molecule has 0 unspecified atom stereocenters. The van der Waals surface area contributed by atoms with Gasteiger partial charge in [0.05, 0.1) is 6.33 Å². The largest absolute Gasteiger partial charge is 0.381 e. The highest BCUT2D eigenvalue weighted by atomic mass is 15.1.